The average Bonchev–Trinajstić information content (AvgIpc) is 2.29. The van der Waals surface area contributed by atoms with E-state index in [0.717, 1.165) is 36.8 Å². The number of nitrogens with one attached hydrogen (secondary N) is 1. The Morgan fingerprint density at radius 2 is 2.06 bits per heavy atom. The molecule has 0 aliphatic carbocycles. The van der Waals surface area contributed by atoms with E-state index in [-0.39, 0.29) is 5.92 Å². The van der Waals surface area contributed by atoms with Gasteiger partial charge in [0.2, 0.25) is 0 Å². The van der Waals surface area contributed by atoms with Crippen LogP contribution in [-0.2, 0) is 4.74 Å². The van der Waals surface area contributed by atoms with Crippen LogP contribution in [0.25, 0.3) is 0 Å². The summed E-state index contributed by atoms with van der Waals surface area (Å²) < 4.78 is 5.00. The van der Waals surface area contributed by atoms with E-state index in [0.29, 0.717) is 5.82 Å². The summed E-state index contributed by atoms with van der Waals surface area (Å²) in [6, 6.07) is 0. The first-order chi connectivity index (χ1) is 8.06. The second-order valence-electron chi connectivity index (χ2n) is 4.37. The highest BCUT2D eigenvalue weighted by molar-refractivity contribution is 5.54. The Balaban J connectivity index is 2.75. The molecule has 5 nitrogen and oxygen atoms in total. The Hall–Kier alpha value is -1.36. The number of nitrogen functional groups attached to an aromatic ring is 1. The molecule has 0 spiro atoms. The minimum Gasteiger partial charge on any atom is -0.385 e. The number of aromatic nitrogens is 2. The maximum absolute atomic E-state index is 5.87. The normalized spacial score (nSPS) is 10.9. The first-order valence-corrected chi connectivity index (χ1v) is 5.93. The monoisotopic (exact) mass is 238 g/mol. The lowest BCUT2D eigenvalue weighted by Crippen LogP contribution is -2.12. The van der Waals surface area contributed by atoms with E-state index in [2.05, 4.69) is 29.1 Å². The van der Waals surface area contributed by atoms with Crippen LogP contribution in [0.15, 0.2) is 0 Å². The van der Waals surface area contributed by atoms with Crippen LogP contribution in [0.5, 0.6) is 0 Å². The maximum Gasteiger partial charge on any atom is 0.135 e. The van der Waals surface area contributed by atoms with Crippen LogP contribution < -0.4 is 11.1 Å². The highest BCUT2D eigenvalue weighted by atomic mass is 16.5. The van der Waals surface area contributed by atoms with Crippen LogP contribution in [0.2, 0.25) is 0 Å². The number of hydrogen-bond acceptors (Lipinski definition) is 5. The molecule has 0 saturated heterocycles. The summed E-state index contributed by atoms with van der Waals surface area (Å²) in [5, 5.41) is 3.27. The van der Waals surface area contributed by atoms with Gasteiger partial charge in [0.15, 0.2) is 0 Å². The summed E-state index contributed by atoms with van der Waals surface area (Å²) in [6.07, 6.45) is 0.941. The lowest BCUT2D eigenvalue weighted by molar-refractivity contribution is 0.197. The summed E-state index contributed by atoms with van der Waals surface area (Å²) in [5.74, 6) is 2.44. The SMILES string of the molecule is COCCCNc1nc(C(C)C)nc(N)c1C. The third kappa shape index (κ3) is 3.85. The van der Waals surface area contributed by atoms with Crippen molar-refractivity contribution in [3.05, 3.63) is 11.4 Å². The highest BCUT2D eigenvalue weighted by Gasteiger charge is 2.10. The molecule has 0 bridgehead atoms. The number of hydrogen-bond donors (Lipinski definition) is 2. The third-order valence-corrected chi connectivity index (χ3v) is 2.53. The molecule has 0 radical (unpaired) electrons. The zero-order valence-electron chi connectivity index (χ0n) is 11.1. The highest BCUT2D eigenvalue weighted by Crippen LogP contribution is 2.20. The van der Waals surface area contributed by atoms with Gasteiger partial charge in [-0.25, -0.2) is 9.97 Å². The van der Waals surface area contributed by atoms with Crippen LogP contribution >= 0.6 is 0 Å². The molecular weight excluding hydrogens is 216 g/mol. The number of anilines is 2. The molecule has 17 heavy (non-hydrogen) atoms. The van der Waals surface area contributed by atoms with Crippen molar-refractivity contribution < 1.29 is 4.74 Å². The van der Waals surface area contributed by atoms with E-state index in [1.54, 1.807) is 7.11 Å². The predicted molar refractivity (Wildman–Crippen MR) is 70.3 cm³/mol. The minimum atomic E-state index is 0.275. The van der Waals surface area contributed by atoms with Crippen molar-refractivity contribution in [2.24, 2.45) is 0 Å². The molecular formula is C12H22N4O. The van der Waals surface area contributed by atoms with Gasteiger partial charge in [-0.2, -0.15) is 0 Å². The van der Waals surface area contributed by atoms with Crippen molar-refractivity contribution in [2.75, 3.05) is 31.3 Å². The van der Waals surface area contributed by atoms with Crippen LogP contribution in [0.1, 0.15) is 37.6 Å². The van der Waals surface area contributed by atoms with E-state index < -0.39 is 0 Å². The van der Waals surface area contributed by atoms with Crippen molar-refractivity contribution >= 4 is 11.6 Å². The third-order valence-electron chi connectivity index (χ3n) is 2.53. The van der Waals surface area contributed by atoms with Gasteiger partial charge in [-0.15, -0.1) is 0 Å². The van der Waals surface area contributed by atoms with Crippen LogP contribution in [0.3, 0.4) is 0 Å². The largest absolute Gasteiger partial charge is 0.385 e. The number of nitrogens with two attached hydrogens (primary N) is 1. The zero-order valence-corrected chi connectivity index (χ0v) is 11.1. The molecule has 1 heterocycles. The minimum absolute atomic E-state index is 0.275. The molecule has 0 amide bonds. The van der Waals surface area contributed by atoms with Gasteiger partial charge < -0.3 is 15.8 Å². The molecule has 96 valence electrons. The van der Waals surface area contributed by atoms with Crippen molar-refractivity contribution in [1.82, 2.24) is 9.97 Å². The number of rotatable bonds is 6. The van der Waals surface area contributed by atoms with Crippen molar-refractivity contribution in [1.29, 1.82) is 0 Å². The van der Waals surface area contributed by atoms with Crippen molar-refractivity contribution in [2.45, 2.75) is 33.1 Å². The Kier molecular flexibility index (Phi) is 5.15. The average molecular weight is 238 g/mol. The zero-order chi connectivity index (χ0) is 12.8. The van der Waals surface area contributed by atoms with E-state index in [4.69, 9.17) is 10.5 Å². The maximum atomic E-state index is 5.87. The Labute approximate surface area is 103 Å². The van der Waals surface area contributed by atoms with E-state index in [1.165, 1.54) is 0 Å². The number of methoxy groups -OCH3 is 1. The fraction of sp³-hybridized carbons (Fsp3) is 0.667. The molecule has 5 heteroatoms. The quantitative estimate of drug-likeness (QED) is 0.741. The molecule has 0 aliphatic rings. The molecule has 3 N–H and O–H groups in total. The number of ether oxygens (including phenoxy) is 1. The van der Waals surface area contributed by atoms with Crippen LogP contribution in [0, 0.1) is 6.92 Å². The lowest BCUT2D eigenvalue weighted by Gasteiger charge is -2.13. The lowest BCUT2D eigenvalue weighted by atomic mass is 10.2. The second kappa shape index (κ2) is 6.39. The smallest absolute Gasteiger partial charge is 0.135 e. The topological polar surface area (TPSA) is 73.1 Å². The van der Waals surface area contributed by atoms with E-state index in [1.807, 2.05) is 6.92 Å². The predicted octanol–water partition coefficient (Wildman–Crippen LogP) is 1.94. The van der Waals surface area contributed by atoms with Gasteiger partial charge in [-0.3, -0.25) is 0 Å². The van der Waals surface area contributed by atoms with Gasteiger partial charge in [0.05, 0.1) is 0 Å². The summed E-state index contributed by atoms with van der Waals surface area (Å²) in [6.45, 7) is 7.60. The van der Waals surface area contributed by atoms with Crippen LogP contribution in [0.4, 0.5) is 11.6 Å². The second-order valence-corrected chi connectivity index (χ2v) is 4.37. The van der Waals surface area contributed by atoms with Gasteiger partial charge >= 0.3 is 0 Å². The Morgan fingerprint density at radius 1 is 1.35 bits per heavy atom. The molecule has 0 aromatic carbocycles. The van der Waals surface area contributed by atoms with Gasteiger partial charge in [-0.05, 0) is 13.3 Å². The molecule has 1 rings (SSSR count). The number of nitrogens with zero attached hydrogens (tertiary/aromatic N) is 2. The van der Waals surface area contributed by atoms with Gasteiger partial charge in [-0.1, -0.05) is 13.8 Å². The first-order valence-electron chi connectivity index (χ1n) is 5.93. The molecule has 0 saturated carbocycles. The summed E-state index contributed by atoms with van der Waals surface area (Å²) in [7, 11) is 1.70. The van der Waals surface area contributed by atoms with Gasteiger partial charge in [0, 0.05) is 31.7 Å². The summed E-state index contributed by atoms with van der Waals surface area (Å²) in [4.78, 5) is 8.77. The molecule has 0 unspecified atom stereocenters. The molecule has 0 fully saturated rings. The van der Waals surface area contributed by atoms with Crippen molar-refractivity contribution in [3.63, 3.8) is 0 Å². The summed E-state index contributed by atoms with van der Waals surface area (Å²) >= 11 is 0. The first kappa shape index (κ1) is 13.7. The Bertz CT molecular complexity index is 366. The van der Waals surface area contributed by atoms with Gasteiger partial charge in [0.25, 0.3) is 0 Å². The molecule has 0 atom stereocenters. The standard InChI is InChI=1S/C12H22N4O/c1-8(2)11-15-10(13)9(3)12(16-11)14-6-5-7-17-4/h8H,5-7H2,1-4H3,(H3,13,14,15,16). The Morgan fingerprint density at radius 3 is 2.65 bits per heavy atom. The molecule has 1 aromatic rings. The van der Waals surface area contributed by atoms with Crippen molar-refractivity contribution in [3.8, 4) is 0 Å². The molecule has 0 aliphatic heterocycles. The fourth-order valence-corrected chi connectivity index (χ4v) is 1.41. The van der Waals surface area contributed by atoms with E-state index >= 15 is 0 Å². The molecule has 1 aromatic heterocycles. The van der Waals surface area contributed by atoms with Gasteiger partial charge in [0.1, 0.15) is 17.5 Å². The van der Waals surface area contributed by atoms with Crippen LogP contribution in [-0.4, -0.2) is 30.2 Å². The van der Waals surface area contributed by atoms with E-state index in [9.17, 15) is 0 Å². The fourth-order valence-electron chi connectivity index (χ4n) is 1.41. The summed E-state index contributed by atoms with van der Waals surface area (Å²) in [5.41, 5.74) is 6.78.